The number of rotatable bonds is 3. The number of nitrogens with zero attached hydrogens (tertiary/aromatic N) is 1. The Hall–Kier alpha value is -3.86. The van der Waals surface area contributed by atoms with E-state index >= 15 is 0 Å². The molecule has 38 heavy (non-hydrogen) atoms. The summed E-state index contributed by atoms with van der Waals surface area (Å²) in [4.78, 5) is 30.0. The van der Waals surface area contributed by atoms with E-state index in [4.69, 9.17) is 23.2 Å². The normalized spacial score (nSPS) is 18.8. The van der Waals surface area contributed by atoms with E-state index < -0.39 is 6.04 Å². The lowest BCUT2D eigenvalue weighted by Crippen LogP contribution is -2.38. The highest BCUT2D eigenvalue weighted by molar-refractivity contribution is 6.31. The highest BCUT2D eigenvalue weighted by Crippen LogP contribution is 2.48. The Morgan fingerprint density at radius 2 is 1.37 bits per heavy atom. The van der Waals surface area contributed by atoms with E-state index in [2.05, 4.69) is 17.4 Å². The van der Waals surface area contributed by atoms with Gasteiger partial charge in [0, 0.05) is 33.3 Å². The zero-order valence-electron chi connectivity index (χ0n) is 20.4. The van der Waals surface area contributed by atoms with Crippen LogP contribution in [0.4, 0.5) is 11.4 Å². The van der Waals surface area contributed by atoms with Crippen LogP contribution in [0.3, 0.4) is 0 Å². The van der Waals surface area contributed by atoms with Crippen molar-refractivity contribution in [2.75, 3.05) is 10.2 Å². The van der Waals surface area contributed by atoms with Gasteiger partial charge in [0.05, 0.1) is 17.4 Å². The monoisotopic (exact) mass is 538 g/mol. The molecule has 1 aliphatic heterocycles. The van der Waals surface area contributed by atoms with Gasteiger partial charge in [-0.25, -0.2) is 0 Å². The number of halogens is 2. The van der Waals surface area contributed by atoms with Crippen LogP contribution in [0.15, 0.2) is 114 Å². The van der Waals surface area contributed by atoms with Crippen molar-refractivity contribution in [1.29, 1.82) is 0 Å². The van der Waals surface area contributed by atoms with Gasteiger partial charge in [-0.05, 0) is 72.0 Å². The Morgan fingerprint density at radius 3 is 2.08 bits per heavy atom. The number of Topliss-reactive ketones (excluding diaryl/α,β-unsaturated/α-hetero) is 1. The van der Waals surface area contributed by atoms with Crippen molar-refractivity contribution in [2.24, 2.45) is 0 Å². The standard InChI is InChI=1S/C32H24Cl2N2O2/c33-24-14-10-21(11-15-24)31-30-27(18-23(19-29(30)37)20-6-2-1-3-7-20)35-26-8-4-5-9-28(26)36(31)32(38)22-12-16-25(34)17-13-22/h1-17,23,31,35H,18-19H2/t23-,31-/m1/s1. The summed E-state index contributed by atoms with van der Waals surface area (Å²) < 4.78 is 0. The van der Waals surface area contributed by atoms with Crippen molar-refractivity contribution in [3.8, 4) is 0 Å². The van der Waals surface area contributed by atoms with Gasteiger partial charge in [-0.2, -0.15) is 0 Å². The van der Waals surface area contributed by atoms with Crippen LogP contribution in [0.1, 0.15) is 46.3 Å². The molecule has 6 heteroatoms. The number of hydrogen-bond donors (Lipinski definition) is 1. The summed E-state index contributed by atoms with van der Waals surface area (Å²) in [6.45, 7) is 0. The first-order valence-electron chi connectivity index (χ1n) is 12.5. The van der Waals surface area contributed by atoms with Gasteiger partial charge in [0.2, 0.25) is 0 Å². The summed E-state index contributed by atoms with van der Waals surface area (Å²) in [6, 6.07) is 31.4. The number of amides is 1. The third-order valence-corrected chi connectivity index (χ3v) is 7.76. The molecule has 0 fully saturated rings. The zero-order valence-corrected chi connectivity index (χ0v) is 21.9. The largest absolute Gasteiger partial charge is 0.357 e. The fourth-order valence-electron chi connectivity index (χ4n) is 5.47. The number of anilines is 2. The Balaban J connectivity index is 1.56. The van der Waals surface area contributed by atoms with Gasteiger partial charge < -0.3 is 5.32 Å². The number of para-hydroxylation sites is 2. The molecule has 4 nitrogen and oxygen atoms in total. The highest BCUT2D eigenvalue weighted by atomic mass is 35.5. The molecule has 188 valence electrons. The number of fused-ring (bicyclic) bond motifs is 1. The molecule has 2 aliphatic rings. The number of carbonyl (C=O) groups is 2. The molecule has 0 saturated carbocycles. The first-order valence-corrected chi connectivity index (χ1v) is 13.3. The van der Waals surface area contributed by atoms with Crippen LogP contribution in [0.5, 0.6) is 0 Å². The van der Waals surface area contributed by atoms with Crippen molar-refractivity contribution in [2.45, 2.75) is 24.8 Å². The minimum atomic E-state index is -0.634. The first-order chi connectivity index (χ1) is 18.5. The SMILES string of the molecule is O=C1C[C@H](c2ccccc2)CC2=C1[C@@H](c1ccc(Cl)cc1)N(C(=O)c1ccc(Cl)cc1)c1ccccc1N2. The molecule has 1 N–H and O–H groups in total. The predicted molar refractivity (Wildman–Crippen MR) is 153 cm³/mol. The molecular formula is C32H24Cl2N2O2. The van der Waals surface area contributed by atoms with E-state index in [1.165, 1.54) is 0 Å². The third kappa shape index (κ3) is 4.51. The van der Waals surface area contributed by atoms with Gasteiger partial charge in [-0.15, -0.1) is 0 Å². The maximum absolute atomic E-state index is 14.2. The van der Waals surface area contributed by atoms with Gasteiger partial charge in [0.25, 0.3) is 5.91 Å². The molecule has 1 amide bonds. The lowest BCUT2D eigenvalue weighted by atomic mass is 9.78. The molecule has 4 aromatic carbocycles. The smallest absolute Gasteiger partial charge is 0.259 e. The minimum absolute atomic E-state index is 0.0225. The molecular weight excluding hydrogens is 515 g/mol. The summed E-state index contributed by atoms with van der Waals surface area (Å²) in [5.74, 6) is -0.150. The van der Waals surface area contributed by atoms with Crippen molar-refractivity contribution >= 4 is 46.3 Å². The van der Waals surface area contributed by atoms with E-state index in [0.29, 0.717) is 39.7 Å². The topological polar surface area (TPSA) is 49.4 Å². The van der Waals surface area contributed by atoms with Gasteiger partial charge in [-0.1, -0.05) is 77.8 Å². The maximum Gasteiger partial charge on any atom is 0.259 e. The lowest BCUT2D eigenvalue weighted by Gasteiger charge is -2.35. The summed E-state index contributed by atoms with van der Waals surface area (Å²) in [5, 5.41) is 4.70. The van der Waals surface area contributed by atoms with Gasteiger partial charge >= 0.3 is 0 Å². The van der Waals surface area contributed by atoms with Crippen molar-refractivity contribution < 1.29 is 9.59 Å². The van der Waals surface area contributed by atoms with Crippen molar-refractivity contribution in [3.05, 3.63) is 141 Å². The quantitative estimate of drug-likeness (QED) is 0.286. The first kappa shape index (κ1) is 24.5. The molecule has 1 heterocycles. The number of nitrogens with one attached hydrogen (secondary N) is 1. The Kier molecular flexibility index (Phi) is 6.52. The molecule has 0 saturated heterocycles. The average molecular weight is 539 g/mol. The third-order valence-electron chi connectivity index (χ3n) is 7.26. The minimum Gasteiger partial charge on any atom is -0.357 e. The zero-order chi connectivity index (χ0) is 26.2. The van der Waals surface area contributed by atoms with E-state index in [1.807, 2.05) is 54.6 Å². The molecule has 0 radical (unpaired) electrons. The fraction of sp³-hybridized carbons (Fsp3) is 0.125. The Morgan fingerprint density at radius 1 is 0.737 bits per heavy atom. The fourth-order valence-corrected chi connectivity index (χ4v) is 5.72. The number of allylic oxidation sites excluding steroid dienone is 1. The summed E-state index contributed by atoms with van der Waals surface area (Å²) in [6.07, 6.45) is 1.03. The second-order valence-corrected chi connectivity index (χ2v) is 10.5. The average Bonchev–Trinajstić information content (AvgIpc) is 3.09. The van der Waals surface area contributed by atoms with Gasteiger partial charge in [-0.3, -0.25) is 14.5 Å². The molecule has 6 rings (SSSR count). The second-order valence-electron chi connectivity index (χ2n) is 9.61. The number of hydrogen-bond acceptors (Lipinski definition) is 3. The molecule has 0 unspecified atom stereocenters. The Bertz CT molecular complexity index is 1550. The van der Waals surface area contributed by atoms with E-state index in [-0.39, 0.29) is 17.6 Å². The summed E-state index contributed by atoms with van der Waals surface area (Å²) >= 11 is 12.4. The highest BCUT2D eigenvalue weighted by Gasteiger charge is 2.41. The van der Waals surface area contributed by atoms with Crippen LogP contribution in [0.2, 0.25) is 10.0 Å². The molecule has 2 atom stereocenters. The van der Waals surface area contributed by atoms with E-state index in [9.17, 15) is 9.59 Å². The molecule has 4 aromatic rings. The number of ketones is 1. The van der Waals surface area contributed by atoms with Crippen LogP contribution in [0, 0.1) is 0 Å². The molecule has 0 bridgehead atoms. The number of carbonyl (C=O) groups excluding carboxylic acids is 2. The van der Waals surface area contributed by atoms with Crippen LogP contribution in [0.25, 0.3) is 0 Å². The van der Waals surface area contributed by atoms with E-state index in [1.54, 1.807) is 41.3 Å². The molecule has 1 aliphatic carbocycles. The summed E-state index contributed by atoms with van der Waals surface area (Å²) in [5.41, 5.74) is 5.36. The van der Waals surface area contributed by atoms with Crippen LogP contribution >= 0.6 is 23.2 Å². The lowest BCUT2D eigenvalue weighted by molar-refractivity contribution is -0.116. The molecule has 0 spiro atoms. The predicted octanol–water partition coefficient (Wildman–Crippen LogP) is 8.21. The van der Waals surface area contributed by atoms with Gasteiger partial charge in [0.15, 0.2) is 5.78 Å². The Labute approximate surface area is 231 Å². The van der Waals surface area contributed by atoms with E-state index in [0.717, 1.165) is 22.5 Å². The second kappa shape index (κ2) is 10.1. The van der Waals surface area contributed by atoms with Crippen molar-refractivity contribution in [3.63, 3.8) is 0 Å². The van der Waals surface area contributed by atoms with Crippen LogP contribution < -0.4 is 10.2 Å². The van der Waals surface area contributed by atoms with Crippen LogP contribution in [-0.2, 0) is 4.79 Å². The van der Waals surface area contributed by atoms with Crippen molar-refractivity contribution in [1.82, 2.24) is 0 Å². The van der Waals surface area contributed by atoms with Gasteiger partial charge in [0.1, 0.15) is 0 Å². The maximum atomic E-state index is 14.2. The van der Waals surface area contributed by atoms with Crippen LogP contribution in [-0.4, -0.2) is 11.7 Å². The number of benzene rings is 4. The summed E-state index contributed by atoms with van der Waals surface area (Å²) in [7, 11) is 0. The molecule has 0 aromatic heterocycles.